The number of rotatable bonds is 6. The number of aryl methyl sites for hydroxylation is 3. The van der Waals surface area contributed by atoms with Crippen molar-refractivity contribution >= 4 is 29.6 Å². The molecule has 0 N–H and O–H groups in total. The molecule has 0 bridgehead atoms. The fourth-order valence-electron chi connectivity index (χ4n) is 3.72. The molecular formula is C24H35NO4S. The van der Waals surface area contributed by atoms with Gasteiger partial charge in [-0.05, 0) is 75.1 Å². The SMILES string of the molecule is CCSN1C(=O)C(c2c(C)cc(C)cc2C)=C(OC(=O)OCCC(C)(C)C)C1(C)C. The normalized spacial score (nSPS) is 16.3. The molecule has 0 saturated heterocycles. The zero-order valence-corrected chi connectivity index (χ0v) is 20.6. The van der Waals surface area contributed by atoms with Crippen LogP contribution < -0.4 is 0 Å². The molecule has 1 aliphatic rings. The third kappa shape index (κ3) is 5.20. The van der Waals surface area contributed by atoms with E-state index in [1.54, 1.807) is 4.31 Å². The average molecular weight is 434 g/mol. The lowest BCUT2D eigenvalue weighted by atomic mass is 9.91. The molecule has 1 aliphatic heterocycles. The minimum absolute atomic E-state index is 0.0536. The Labute approximate surface area is 185 Å². The number of carbonyl (C=O) groups excluding carboxylic acids is 2. The van der Waals surface area contributed by atoms with E-state index < -0.39 is 11.7 Å². The summed E-state index contributed by atoms with van der Waals surface area (Å²) >= 11 is 1.43. The predicted octanol–water partition coefficient (Wildman–Crippen LogP) is 6.20. The molecule has 0 atom stereocenters. The van der Waals surface area contributed by atoms with E-state index in [0.717, 1.165) is 34.4 Å². The Hall–Kier alpha value is -1.95. The zero-order chi connectivity index (χ0) is 22.9. The monoisotopic (exact) mass is 433 g/mol. The largest absolute Gasteiger partial charge is 0.513 e. The van der Waals surface area contributed by atoms with Gasteiger partial charge in [0.1, 0.15) is 5.54 Å². The van der Waals surface area contributed by atoms with Gasteiger partial charge in [0, 0.05) is 5.75 Å². The summed E-state index contributed by atoms with van der Waals surface area (Å²) in [6.07, 6.45) is -0.0389. The molecule has 6 heteroatoms. The number of hydrogen-bond donors (Lipinski definition) is 0. The molecule has 1 heterocycles. The Balaban J connectivity index is 2.48. The summed E-state index contributed by atoms with van der Waals surface area (Å²) in [5.41, 5.74) is 3.65. The minimum atomic E-state index is -0.778. The molecule has 1 aromatic rings. The number of benzene rings is 1. The maximum Gasteiger partial charge on any atom is 0.513 e. The summed E-state index contributed by atoms with van der Waals surface area (Å²) in [6, 6.07) is 4.09. The van der Waals surface area contributed by atoms with Crippen LogP contribution in [0.15, 0.2) is 17.9 Å². The third-order valence-corrected chi connectivity index (χ3v) is 6.27. The average Bonchev–Trinajstić information content (AvgIpc) is 2.75. The van der Waals surface area contributed by atoms with Crippen molar-refractivity contribution in [1.29, 1.82) is 0 Å². The van der Waals surface area contributed by atoms with E-state index in [2.05, 4.69) is 20.8 Å². The van der Waals surface area contributed by atoms with Crippen LogP contribution in [0.5, 0.6) is 0 Å². The number of hydrogen-bond acceptors (Lipinski definition) is 5. The van der Waals surface area contributed by atoms with Gasteiger partial charge in [0.05, 0.1) is 12.2 Å². The van der Waals surface area contributed by atoms with E-state index in [1.165, 1.54) is 11.9 Å². The van der Waals surface area contributed by atoms with Crippen LogP contribution in [-0.4, -0.2) is 34.3 Å². The van der Waals surface area contributed by atoms with Gasteiger partial charge < -0.3 is 9.47 Å². The van der Waals surface area contributed by atoms with Gasteiger partial charge in [-0.15, -0.1) is 0 Å². The van der Waals surface area contributed by atoms with Gasteiger partial charge in [-0.1, -0.05) is 45.4 Å². The Morgan fingerprint density at radius 2 is 1.70 bits per heavy atom. The Kier molecular flexibility index (Phi) is 7.33. The molecule has 5 nitrogen and oxygen atoms in total. The van der Waals surface area contributed by atoms with Crippen LogP contribution in [0.2, 0.25) is 0 Å². The first-order valence-corrected chi connectivity index (χ1v) is 11.4. The smallest absolute Gasteiger partial charge is 0.434 e. The first kappa shape index (κ1) is 24.3. The summed E-state index contributed by atoms with van der Waals surface area (Å²) in [5, 5.41) is 0. The Morgan fingerprint density at radius 3 is 2.20 bits per heavy atom. The second kappa shape index (κ2) is 9.04. The van der Waals surface area contributed by atoms with E-state index >= 15 is 0 Å². The molecule has 0 unspecified atom stereocenters. The van der Waals surface area contributed by atoms with Crippen molar-refractivity contribution in [1.82, 2.24) is 4.31 Å². The third-order valence-electron chi connectivity index (χ3n) is 5.13. The summed E-state index contributed by atoms with van der Waals surface area (Å²) in [6.45, 7) is 18.3. The van der Waals surface area contributed by atoms with Gasteiger partial charge in [0.25, 0.3) is 5.91 Å². The molecule has 166 valence electrons. The van der Waals surface area contributed by atoms with E-state index in [4.69, 9.17) is 9.47 Å². The molecule has 0 fully saturated rings. The first-order valence-electron chi connectivity index (χ1n) is 10.4. The molecular weight excluding hydrogens is 398 g/mol. The number of amides is 1. The second-order valence-corrected chi connectivity index (χ2v) is 10.8. The van der Waals surface area contributed by atoms with Crippen molar-refractivity contribution in [3.8, 4) is 0 Å². The van der Waals surface area contributed by atoms with E-state index in [1.807, 2.05) is 53.7 Å². The van der Waals surface area contributed by atoms with Crippen LogP contribution in [0.4, 0.5) is 4.79 Å². The summed E-state index contributed by atoms with van der Waals surface area (Å²) in [5.74, 6) is 0.945. The number of carbonyl (C=O) groups is 2. The van der Waals surface area contributed by atoms with Crippen LogP contribution in [0.1, 0.15) is 70.2 Å². The lowest BCUT2D eigenvalue weighted by Crippen LogP contribution is -2.39. The van der Waals surface area contributed by atoms with Crippen molar-refractivity contribution in [2.45, 2.75) is 74.3 Å². The fraction of sp³-hybridized carbons (Fsp3) is 0.583. The fourth-order valence-corrected chi connectivity index (χ4v) is 4.60. The van der Waals surface area contributed by atoms with Gasteiger partial charge >= 0.3 is 6.16 Å². The summed E-state index contributed by atoms with van der Waals surface area (Å²) in [4.78, 5) is 26.0. The van der Waals surface area contributed by atoms with E-state index in [-0.39, 0.29) is 17.9 Å². The summed E-state index contributed by atoms with van der Waals surface area (Å²) in [7, 11) is 0. The molecule has 0 saturated carbocycles. The lowest BCUT2D eigenvalue weighted by Gasteiger charge is -2.31. The topological polar surface area (TPSA) is 55.8 Å². The minimum Gasteiger partial charge on any atom is -0.434 e. The first-order chi connectivity index (χ1) is 13.8. The highest BCUT2D eigenvalue weighted by Gasteiger charge is 2.49. The van der Waals surface area contributed by atoms with Crippen molar-refractivity contribution in [2.24, 2.45) is 5.41 Å². The van der Waals surface area contributed by atoms with Crippen molar-refractivity contribution in [3.05, 3.63) is 40.1 Å². The Morgan fingerprint density at radius 1 is 1.13 bits per heavy atom. The van der Waals surface area contributed by atoms with E-state index in [0.29, 0.717) is 11.3 Å². The van der Waals surface area contributed by atoms with Gasteiger partial charge in [-0.2, -0.15) is 0 Å². The van der Waals surface area contributed by atoms with E-state index in [9.17, 15) is 9.59 Å². The maximum atomic E-state index is 13.5. The molecule has 30 heavy (non-hydrogen) atoms. The molecule has 0 aliphatic carbocycles. The van der Waals surface area contributed by atoms with Gasteiger partial charge in [-0.25, -0.2) is 4.79 Å². The number of nitrogens with zero attached hydrogens (tertiary/aromatic N) is 1. The summed E-state index contributed by atoms with van der Waals surface area (Å²) < 4.78 is 12.8. The van der Waals surface area contributed by atoms with Crippen LogP contribution in [0.3, 0.4) is 0 Å². The van der Waals surface area contributed by atoms with Crippen molar-refractivity contribution in [3.63, 3.8) is 0 Å². The molecule has 0 spiro atoms. The molecule has 0 aromatic heterocycles. The number of ether oxygens (including phenoxy) is 2. The molecule has 2 rings (SSSR count). The van der Waals surface area contributed by atoms with Crippen LogP contribution in [-0.2, 0) is 14.3 Å². The second-order valence-electron chi connectivity index (χ2n) is 9.57. The predicted molar refractivity (Wildman–Crippen MR) is 123 cm³/mol. The maximum absolute atomic E-state index is 13.5. The standard InChI is InChI=1S/C24H35NO4S/c1-10-30-25-21(26)19(18-16(3)13-15(2)14-17(18)4)20(24(25,8)9)29-22(27)28-12-11-23(5,6)7/h13-14H,10-12H2,1-9H3. The highest BCUT2D eigenvalue weighted by molar-refractivity contribution is 7.97. The van der Waals surface area contributed by atoms with Gasteiger partial charge in [-0.3, -0.25) is 9.10 Å². The Bertz CT molecular complexity index is 841. The van der Waals surface area contributed by atoms with Crippen molar-refractivity contribution < 1.29 is 19.1 Å². The van der Waals surface area contributed by atoms with Crippen LogP contribution >= 0.6 is 11.9 Å². The van der Waals surface area contributed by atoms with Crippen LogP contribution in [0, 0.1) is 26.2 Å². The highest BCUT2D eigenvalue weighted by atomic mass is 32.2. The van der Waals surface area contributed by atoms with Crippen molar-refractivity contribution in [2.75, 3.05) is 12.4 Å². The quantitative estimate of drug-likeness (QED) is 0.395. The van der Waals surface area contributed by atoms with Crippen LogP contribution in [0.25, 0.3) is 5.57 Å². The molecule has 1 aromatic carbocycles. The lowest BCUT2D eigenvalue weighted by molar-refractivity contribution is -0.121. The zero-order valence-electron chi connectivity index (χ0n) is 19.8. The van der Waals surface area contributed by atoms with Gasteiger partial charge in [0.15, 0.2) is 5.76 Å². The highest BCUT2D eigenvalue weighted by Crippen LogP contribution is 2.45. The molecule has 0 radical (unpaired) electrons. The molecule has 1 amide bonds. The van der Waals surface area contributed by atoms with Gasteiger partial charge in [0.2, 0.25) is 0 Å².